The van der Waals surface area contributed by atoms with Gasteiger partial charge < -0.3 is 9.84 Å². The molecule has 0 saturated heterocycles. The van der Waals surface area contributed by atoms with Gasteiger partial charge in [-0.3, -0.25) is 0 Å². The first-order valence-electron chi connectivity index (χ1n) is 7.03. The summed E-state index contributed by atoms with van der Waals surface area (Å²) in [6, 6.07) is 16.1. The lowest BCUT2D eigenvalue weighted by atomic mass is 9.90. The van der Waals surface area contributed by atoms with E-state index >= 15 is 0 Å². The van der Waals surface area contributed by atoms with Gasteiger partial charge in [-0.1, -0.05) is 52.8 Å². The maximum atomic E-state index is 10.6. The average Bonchev–Trinajstić information content (AvgIpc) is 2.81. The second kappa shape index (κ2) is 6.04. The van der Waals surface area contributed by atoms with Crippen LogP contribution in [0.2, 0.25) is 0 Å². The Morgan fingerprint density at radius 1 is 1.19 bits per heavy atom. The van der Waals surface area contributed by atoms with Crippen molar-refractivity contribution in [2.24, 2.45) is 0 Å². The Bertz CT molecular complexity index is 652. The molecule has 1 N–H and O–H groups in total. The fourth-order valence-corrected chi connectivity index (χ4v) is 3.16. The predicted molar refractivity (Wildman–Crippen MR) is 87.4 cm³/mol. The summed E-state index contributed by atoms with van der Waals surface area (Å²) < 4.78 is 6.66. The maximum absolute atomic E-state index is 10.6. The van der Waals surface area contributed by atoms with Gasteiger partial charge in [0.05, 0.1) is 12.0 Å². The fraction of sp³-hybridized carbons (Fsp3) is 0.222. The number of fused-ring (bicyclic) bond motifs is 1. The van der Waals surface area contributed by atoms with Gasteiger partial charge in [-0.05, 0) is 36.6 Å². The lowest BCUT2D eigenvalue weighted by Gasteiger charge is -2.18. The number of aryl methyl sites for hydroxylation is 1. The van der Waals surface area contributed by atoms with Crippen LogP contribution in [-0.4, -0.2) is 11.2 Å². The van der Waals surface area contributed by atoms with Gasteiger partial charge >= 0.3 is 0 Å². The van der Waals surface area contributed by atoms with Crippen LogP contribution in [0.4, 0.5) is 0 Å². The molecule has 2 aromatic carbocycles. The van der Waals surface area contributed by atoms with E-state index in [2.05, 4.69) is 34.6 Å². The van der Waals surface area contributed by atoms with Crippen molar-refractivity contribution >= 4 is 15.9 Å². The molecule has 0 radical (unpaired) electrons. The molecule has 2 atom stereocenters. The number of ether oxygens (including phenoxy) is 1. The molecule has 1 aliphatic heterocycles. The third-order valence-corrected chi connectivity index (χ3v) is 4.34. The number of benzene rings is 2. The predicted octanol–water partition coefficient (Wildman–Crippen LogP) is 4.43. The highest BCUT2D eigenvalue weighted by Crippen LogP contribution is 2.43. The van der Waals surface area contributed by atoms with Crippen LogP contribution in [0.1, 0.15) is 23.5 Å². The van der Waals surface area contributed by atoms with Crippen molar-refractivity contribution in [3.63, 3.8) is 0 Å². The quantitative estimate of drug-likeness (QED) is 0.888. The molecule has 0 spiro atoms. The van der Waals surface area contributed by atoms with Crippen molar-refractivity contribution in [2.45, 2.75) is 24.9 Å². The van der Waals surface area contributed by atoms with Gasteiger partial charge in [-0.15, -0.1) is 0 Å². The van der Waals surface area contributed by atoms with Crippen molar-refractivity contribution in [3.05, 3.63) is 76.5 Å². The van der Waals surface area contributed by atoms with Crippen LogP contribution < -0.4 is 4.74 Å². The van der Waals surface area contributed by atoms with Crippen LogP contribution in [-0.2, 0) is 6.42 Å². The average molecular weight is 345 g/mol. The number of hydrogen-bond acceptors (Lipinski definition) is 2. The molecule has 0 aromatic heterocycles. The minimum Gasteiger partial charge on any atom is -0.461 e. The van der Waals surface area contributed by atoms with E-state index in [9.17, 15) is 5.11 Å². The molecule has 21 heavy (non-hydrogen) atoms. The SMILES string of the molecule is C=C1Oc2ccc(Br)cc2[C@H]1[C@H](O)CCc1ccccc1. The molecular formula is C18H17BrO2. The molecule has 0 unspecified atom stereocenters. The van der Waals surface area contributed by atoms with Gasteiger partial charge in [0.2, 0.25) is 0 Å². The van der Waals surface area contributed by atoms with Crippen LogP contribution in [0.25, 0.3) is 0 Å². The van der Waals surface area contributed by atoms with Crippen LogP contribution in [0.3, 0.4) is 0 Å². The highest BCUT2D eigenvalue weighted by Gasteiger charge is 2.33. The summed E-state index contributed by atoms with van der Waals surface area (Å²) in [5.41, 5.74) is 2.24. The summed E-state index contributed by atoms with van der Waals surface area (Å²) >= 11 is 3.47. The van der Waals surface area contributed by atoms with Crippen LogP contribution >= 0.6 is 15.9 Å². The molecule has 0 amide bonds. The highest BCUT2D eigenvalue weighted by atomic mass is 79.9. The molecule has 3 rings (SSSR count). The first kappa shape index (κ1) is 14.4. The van der Waals surface area contributed by atoms with Gasteiger partial charge in [-0.25, -0.2) is 0 Å². The first-order valence-corrected chi connectivity index (χ1v) is 7.82. The Balaban J connectivity index is 1.74. The Labute approximate surface area is 133 Å². The van der Waals surface area contributed by atoms with Crippen molar-refractivity contribution in [3.8, 4) is 5.75 Å². The topological polar surface area (TPSA) is 29.5 Å². The number of hydrogen-bond donors (Lipinski definition) is 1. The standard InChI is InChI=1S/C18H17BrO2/c1-12-18(15-11-14(19)8-10-17(15)21-12)16(20)9-7-13-5-3-2-4-6-13/h2-6,8,10-11,16,18,20H,1,7,9H2/t16-,18+/m1/s1. The van der Waals surface area contributed by atoms with Crippen LogP contribution in [0.5, 0.6) is 5.75 Å². The zero-order valence-electron chi connectivity index (χ0n) is 11.6. The summed E-state index contributed by atoms with van der Waals surface area (Å²) in [6.07, 6.45) is 1.03. The smallest absolute Gasteiger partial charge is 0.131 e. The van der Waals surface area contributed by atoms with Gasteiger partial charge in [0.25, 0.3) is 0 Å². The van der Waals surface area contributed by atoms with Gasteiger partial charge in [0, 0.05) is 10.0 Å². The molecule has 2 aromatic rings. The van der Waals surface area contributed by atoms with E-state index in [1.54, 1.807) is 0 Å². The Morgan fingerprint density at radius 3 is 2.71 bits per heavy atom. The lowest BCUT2D eigenvalue weighted by molar-refractivity contribution is 0.139. The lowest BCUT2D eigenvalue weighted by Crippen LogP contribution is -2.19. The molecule has 1 heterocycles. The zero-order chi connectivity index (χ0) is 14.8. The summed E-state index contributed by atoms with van der Waals surface area (Å²) in [6.45, 7) is 3.96. The molecule has 0 fully saturated rings. The van der Waals surface area contributed by atoms with E-state index in [1.165, 1.54) is 5.56 Å². The summed E-state index contributed by atoms with van der Waals surface area (Å²) in [7, 11) is 0. The van der Waals surface area contributed by atoms with Crippen molar-refractivity contribution < 1.29 is 9.84 Å². The van der Waals surface area contributed by atoms with Crippen molar-refractivity contribution in [1.29, 1.82) is 0 Å². The van der Waals surface area contributed by atoms with Crippen LogP contribution in [0, 0.1) is 0 Å². The molecule has 0 bridgehead atoms. The number of halogens is 1. The first-order chi connectivity index (χ1) is 10.1. The summed E-state index contributed by atoms with van der Waals surface area (Å²) in [4.78, 5) is 0. The maximum Gasteiger partial charge on any atom is 0.131 e. The van der Waals surface area contributed by atoms with Crippen molar-refractivity contribution in [1.82, 2.24) is 0 Å². The van der Waals surface area contributed by atoms with E-state index in [0.29, 0.717) is 12.2 Å². The van der Waals surface area contributed by atoms with Gasteiger partial charge in [0.15, 0.2) is 0 Å². The number of aliphatic hydroxyl groups excluding tert-OH is 1. The van der Waals surface area contributed by atoms with Crippen molar-refractivity contribution in [2.75, 3.05) is 0 Å². The number of aliphatic hydroxyl groups is 1. The summed E-state index contributed by atoms with van der Waals surface area (Å²) in [5.74, 6) is 1.27. The minimum absolute atomic E-state index is 0.152. The molecule has 0 saturated carbocycles. The Kier molecular flexibility index (Phi) is 4.13. The normalized spacial score (nSPS) is 18.2. The summed E-state index contributed by atoms with van der Waals surface area (Å²) in [5, 5.41) is 10.6. The third kappa shape index (κ3) is 3.04. The van der Waals surface area contributed by atoms with Crippen LogP contribution in [0.15, 0.2) is 65.3 Å². The second-order valence-corrected chi connectivity index (χ2v) is 6.24. The molecule has 0 aliphatic carbocycles. The number of rotatable bonds is 4. The fourth-order valence-electron chi connectivity index (χ4n) is 2.78. The molecule has 2 nitrogen and oxygen atoms in total. The largest absolute Gasteiger partial charge is 0.461 e. The van der Waals surface area contributed by atoms with E-state index in [0.717, 1.165) is 22.2 Å². The van der Waals surface area contributed by atoms with Gasteiger partial charge in [0.1, 0.15) is 11.5 Å². The van der Waals surface area contributed by atoms with E-state index in [1.807, 2.05) is 36.4 Å². The minimum atomic E-state index is -0.492. The zero-order valence-corrected chi connectivity index (χ0v) is 13.2. The van der Waals surface area contributed by atoms with E-state index in [4.69, 9.17) is 4.74 Å². The molecule has 108 valence electrons. The van der Waals surface area contributed by atoms with Gasteiger partial charge in [-0.2, -0.15) is 0 Å². The third-order valence-electron chi connectivity index (χ3n) is 3.85. The van der Waals surface area contributed by atoms with E-state index in [-0.39, 0.29) is 5.92 Å². The molecule has 3 heteroatoms. The van der Waals surface area contributed by atoms with E-state index < -0.39 is 6.10 Å². The second-order valence-electron chi connectivity index (χ2n) is 5.32. The Morgan fingerprint density at radius 2 is 1.95 bits per heavy atom. The Hall–Kier alpha value is -1.58. The molecular weight excluding hydrogens is 328 g/mol. The highest BCUT2D eigenvalue weighted by molar-refractivity contribution is 9.10. The molecule has 1 aliphatic rings. The monoisotopic (exact) mass is 344 g/mol.